The fourth-order valence-corrected chi connectivity index (χ4v) is 3.12. The Morgan fingerprint density at radius 3 is 2.28 bits per heavy atom. The van der Waals surface area contributed by atoms with Crippen molar-refractivity contribution in [1.29, 1.82) is 0 Å². The van der Waals surface area contributed by atoms with Gasteiger partial charge in [-0.2, -0.15) is 0 Å². The fraction of sp³-hybridized carbons (Fsp3) is 0.929. The predicted molar refractivity (Wildman–Crippen MR) is 71.6 cm³/mol. The molecule has 2 rings (SSSR count). The lowest BCUT2D eigenvalue weighted by atomic mass is 9.87. The van der Waals surface area contributed by atoms with Crippen LogP contribution in [-0.2, 0) is 4.74 Å². The van der Waals surface area contributed by atoms with Crippen molar-refractivity contribution in [3.05, 3.63) is 0 Å². The Labute approximate surface area is 110 Å². The van der Waals surface area contributed by atoms with Crippen molar-refractivity contribution >= 4 is 6.09 Å². The molecule has 2 fully saturated rings. The highest BCUT2D eigenvalue weighted by atomic mass is 16.6. The van der Waals surface area contributed by atoms with E-state index in [1.807, 2.05) is 20.8 Å². The van der Waals surface area contributed by atoms with E-state index in [9.17, 15) is 4.79 Å². The van der Waals surface area contributed by atoms with E-state index < -0.39 is 5.60 Å². The van der Waals surface area contributed by atoms with Crippen LogP contribution < -0.4 is 5.32 Å². The lowest BCUT2D eigenvalue weighted by Gasteiger charge is -2.41. The van der Waals surface area contributed by atoms with Crippen LogP contribution >= 0.6 is 0 Å². The van der Waals surface area contributed by atoms with Gasteiger partial charge in [-0.25, -0.2) is 4.79 Å². The number of nitrogens with zero attached hydrogens (tertiary/aromatic N) is 1. The molecule has 4 nitrogen and oxygen atoms in total. The highest BCUT2D eigenvalue weighted by Crippen LogP contribution is 2.51. The SMILES string of the molecule is CN1CCCC1(C)C1(NC(=O)OC(C)(C)C)CC1. The smallest absolute Gasteiger partial charge is 0.408 e. The Balaban J connectivity index is 2.02. The zero-order chi connectivity index (χ0) is 13.6. The number of likely N-dealkylation sites (N-methyl/N-ethyl adjacent to an activating group) is 1. The van der Waals surface area contributed by atoms with Crippen LogP contribution in [0.5, 0.6) is 0 Å². The third-order valence-electron chi connectivity index (χ3n) is 4.52. The Morgan fingerprint density at radius 1 is 1.28 bits per heavy atom. The van der Waals surface area contributed by atoms with Crippen molar-refractivity contribution in [3.63, 3.8) is 0 Å². The van der Waals surface area contributed by atoms with Gasteiger partial charge in [0.1, 0.15) is 5.60 Å². The van der Waals surface area contributed by atoms with Crippen LogP contribution in [0.4, 0.5) is 4.79 Å². The number of ether oxygens (including phenoxy) is 1. The first-order chi connectivity index (χ1) is 8.19. The van der Waals surface area contributed by atoms with Crippen LogP contribution in [0.3, 0.4) is 0 Å². The zero-order valence-electron chi connectivity index (χ0n) is 12.3. The molecule has 1 aliphatic heterocycles. The molecule has 2 aliphatic rings. The van der Waals surface area contributed by atoms with Crippen LogP contribution in [0.2, 0.25) is 0 Å². The average Bonchev–Trinajstić information content (AvgIpc) is 2.87. The molecule has 0 aromatic heterocycles. The summed E-state index contributed by atoms with van der Waals surface area (Å²) in [6.07, 6.45) is 4.21. The number of hydrogen-bond donors (Lipinski definition) is 1. The van der Waals surface area contributed by atoms with Crippen molar-refractivity contribution in [2.75, 3.05) is 13.6 Å². The minimum absolute atomic E-state index is 0.0689. The van der Waals surface area contributed by atoms with Crippen molar-refractivity contribution in [1.82, 2.24) is 10.2 Å². The highest BCUT2D eigenvalue weighted by Gasteiger charge is 2.61. The largest absolute Gasteiger partial charge is 0.444 e. The van der Waals surface area contributed by atoms with E-state index in [0.29, 0.717) is 0 Å². The first kappa shape index (κ1) is 13.7. The first-order valence-electron chi connectivity index (χ1n) is 6.91. The molecule has 1 N–H and O–H groups in total. The Bertz CT molecular complexity index is 344. The lowest BCUT2D eigenvalue weighted by molar-refractivity contribution is 0.0394. The van der Waals surface area contributed by atoms with Gasteiger partial charge in [0.15, 0.2) is 0 Å². The summed E-state index contributed by atoms with van der Waals surface area (Å²) in [6, 6.07) is 0. The summed E-state index contributed by atoms with van der Waals surface area (Å²) >= 11 is 0. The van der Waals surface area contributed by atoms with Crippen molar-refractivity contribution in [2.45, 2.75) is 70.1 Å². The summed E-state index contributed by atoms with van der Waals surface area (Å²) in [5.41, 5.74) is -0.410. The first-order valence-corrected chi connectivity index (χ1v) is 6.91. The van der Waals surface area contributed by atoms with Crippen molar-refractivity contribution < 1.29 is 9.53 Å². The molecular formula is C14H26N2O2. The van der Waals surface area contributed by atoms with E-state index in [1.165, 1.54) is 6.42 Å². The van der Waals surface area contributed by atoms with Gasteiger partial charge in [0.2, 0.25) is 0 Å². The molecule has 1 saturated heterocycles. The molecule has 18 heavy (non-hydrogen) atoms. The number of hydrogen-bond acceptors (Lipinski definition) is 3. The average molecular weight is 254 g/mol. The van der Waals surface area contributed by atoms with Gasteiger partial charge in [0.25, 0.3) is 0 Å². The van der Waals surface area contributed by atoms with Gasteiger partial charge in [-0.3, -0.25) is 4.90 Å². The molecule has 1 saturated carbocycles. The van der Waals surface area contributed by atoms with E-state index in [-0.39, 0.29) is 17.2 Å². The Morgan fingerprint density at radius 2 is 1.89 bits per heavy atom. The molecule has 4 heteroatoms. The van der Waals surface area contributed by atoms with E-state index in [2.05, 4.69) is 24.2 Å². The van der Waals surface area contributed by atoms with Crippen LogP contribution in [0.1, 0.15) is 53.4 Å². The topological polar surface area (TPSA) is 41.6 Å². The number of likely N-dealkylation sites (tertiary alicyclic amines) is 1. The summed E-state index contributed by atoms with van der Waals surface area (Å²) < 4.78 is 5.38. The van der Waals surface area contributed by atoms with Crippen molar-refractivity contribution in [2.24, 2.45) is 0 Å². The van der Waals surface area contributed by atoms with Gasteiger partial charge < -0.3 is 10.1 Å². The summed E-state index contributed by atoms with van der Waals surface area (Å²) in [7, 11) is 2.16. The lowest BCUT2D eigenvalue weighted by Crippen LogP contribution is -2.59. The maximum atomic E-state index is 12.0. The van der Waals surface area contributed by atoms with Gasteiger partial charge in [-0.1, -0.05) is 0 Å². The maximum Gasteiger partial charge on any atom is 0.408 e. The Kier molecular flexibility index (Phi) is 3.13. The van der Waals surface area contributed by atoms with E-state index in [0.717, 1.165) is 25.8 Å². The van der Waals surface area contributed by atoms with Gasteiger partial charge >= 0.3 is 6.09 Å². The molecule has 0 radical (unpaired) electrons. The molecule has 1 amide bonds. The van der Waals surface area contributed by atoms with Crippen LogP contribution in [0.15, 0.2) is 0 Å². The summed E-state index contributed by atoms with van der Waals surface area (Å²) in [6.45, 7) is 9.08. The van der Waals surface area contributed by atoms with Gasteiger partial charge in [0, 0.05) is 5.54 Å². The maximum absolute atomic E-state index is 12.0. The predicted octanol–water partition coefficient (Wildman–Crippen LogP) is 2.53. The number of amides is 1. The molecule has 1 atom stereocenters. The molecule has 0 spiro atoms. The highest BCUT2D eigenvalue weighted by molar-refractivity contribution is 5.70. The second-order valence-electron chi connectivity index (χ2n) is 7.01. The standard InChI is InChI=1S/C14H26N2O2/c1-12(2,3)18-11(17)15-14(8-9-14)13(4)7-6-10-16(13)5/h6-10H2,1-5H3,(H,15,17). The van der Waals surface area contributed by atoms with E-state index in [1.54, 1.807) is 0 Å². The second-order valence-corrected chi connectivity index (χ2v) is 7.01. The van der Waals surface area contributed by atoms with E-state index >= 15 is 0 Å². The fourth-order valence-electron chi connectivity index (χ4n) is 3.12. The van der Waals surface area contributed by atoms with Crippen molar-refractivity contribution in [3.8, 4) is 0 Å². The molecule has 0 bridgehead atoms. The summed E-state index contributed by atoms with van der Waals surface area (Å²) in [5.74, 6) is 0. The van der Waals surface area contributed by atoms with Gasteiger partial charge in [-0.15, -0.1) is 0 Å². The number of alkyl carbamates (subject to hydrolysis) is 1. The minimum Gasteiger partial charge on any atom is -0.444 e. The van der Waals surface area contributed by atoms with Gasteiger partial charge in [0.05, 0.1) is 5.54 Å². The molecule has 1 unspecified atom stereocenters. The number of rotatable bonds is 2. The molecule has 0 aromatic rings. The number of carbonyl (C=O) groups excluding carboxylic acids is 1. The molecule has 104 valence electrons. The molecular weight excluding hydrogens is 228 g/mol. The third kappa shape index (κ3) is 2.35. The number of carbonyl (C=O) groups is 1. The monoisotopic (exact) mass is 254 g/mol. The number of nitrogens with one attached hydrogen (secondary N) is 1. The van der Waals surface area contributed by atoms with Crippen LogP contribution in [-0.4, -0.2) is 41.3 Å². The minimum atomic E-state index is -0.428. The molecule has 1 aliphatic carbocycles. The Hall–Kier alpha value is -0.770. The van der Waals surface area contributed by atoms with E-state index in [4.69, 9.17) is 4.74 Å². The third-order valence-corrected chi connectivity index (χ3v) is 4.52. The van der Waals surface area contributed by atoms with Crippen LogP contribution in [0, 0.1) is 0 Å². The second kappa shape index (κ2) is 4.12. The summed E-state index contributed by atoms with van der Waals surface area (Å²) in [5, 5.41) is 3.13. The molecule has 0 aromatic carbocycles. The molecule has 1 heterocycles. The van der Waals surface area contributed by atoms with Gasteiger partial charge in [-0.05, 0) is 67.0 Å². The zero-order valence-corrected chi connectivity index (χ0v) is 12.3. The quantitative estimate of drug-likeness (QED) is 0.823. The summed E-state index contributed by atoms with van der Waals surface area (Å²) in [4.78, 5) is 14.4. The van der Waals surface area contributed by atoms with Crippen LogP contribution in [0.25, 0.3) is 0 Å². The normalized spacial score (nSPS) is 31.2.